The van der Waals surface area contributed by atoms with Gasteiger partial charge >= 0.3 is 0 Å². The Morgan fingerprint density at radius 1 is 1.08 bits per heavy atom. The van der Waals surface area contributed by atoms with E-state index < -0.39 is 6.29 Å². The van der Waals surface area contributed by atoms with Crippen LogP contribution in [0.3, 0.4) is 0 Å². The summed E-state index contributed by atoms with van der Waals surface area (Å²) in [7, 11) is 5.34. The van der Waals surface area contributed by atoms with E-state index in [4.69, 9.17) is 14.2 Å². The van der Waals surface area contributed by atoms with Crippen LogP contribution in [0.15, 0.2) is 48.5 Å². The number of methoxy groups -OCH3 is 2. The van der Waals surface area contributed by atoms with Gasteiger partial charge in [0.2, 0.25) is 5.91 Å². The number of phenols is 1. The molecule has 1 amide bonds. The van der Waals surface area contributed by atoms with Gasteiger partial charge in [-0.05, 0) is 55.8 Å². The number of amides is 1. The Morgan fingerprint density at radius 2 is 1.79 bits per heavy atom. The van der Waals surface area contributed by atoms with Crippen molar-refractivity contribution in [1.29, 1.82) is 0 Å². The summed E-state index contributed by atoms with van der Waals surface area (Å²) in [6.07, 6.45) is 6.55. The molecule has 1 aliphatic heterocycles. The van der Waals surface area contributed by atoms with Crippen LogP contribution in [0.5, 0.6) is 5.75 Å². The maximum Gasteiger partial charge on any atom is 0.225 e. The number of nitrogens with zero attached hydrogens (tertiary/aromatic N) is 2. The Balaban J connectivity index is 1.26. The van der Waals surface area contributed by atoms with E-state index in [-0.39, 0.29) is 11.3 Å². The Kier molecular flexibility index (Phi) is 10.8. The first-order valence-corrected chi connectivity index (χ1v) is 14.4. The normalized spacial score (nSPS) is 17.4. The molecule has 1 N–H and O–H groups in total. The Morgan fingerprint density at radius 3 is 2.46 bits per heavy atom. The van der Waals surface area contributed by atoms with Crippen LogP contribution in [-0.2, 0) is 30.8 Å². The quantitative estimate of drug-likeness (QED) is 0.264. The van der Waals surface area contributed by atoms with Crippen molar-refractivity contribution in [2.45, 2.75) is 56.7 Å². The molecular weight excluding hydrogens is 492 g/mol. The molecule has 0 spiro atoms. The predicted molar refractivity (Wildman–Crippen MR) is 153 cm³/mol. The van der Waals surface area contributed by atoms with Gasteiger partial charge in [-0.1, -0.05) is 55.3 Å². The van der Waals surface area contributed by atoms with Crippen LogP contribution in [0.1, 0.15) is 55.2 Å². The summed E-state index contributed by atoms with van der Waals surface area (Å²) in [5.41, 5.74) is 3.26. The van der Waals surface area contributed by atoms with E-state index >= 15 is 0 Å². The highest BCUT2D eigenvalue weighted by Gasteiger charge is 2.45. The first kappa shape index (κ1) is 29.5. The maximum absolute atomic E-state index is 13.0. The van der Waals surface area contributed by atoms with Crippen molar-refractivity contribution in [3.63, 3.8) is 0 Å². The van der Waals surface area contributed by atoms with Crippen molar-refractivity contribution in [1.82, 2.24) is 9.80 Å². The summed E-state index contributed by atoms with van der Waals surface area (Å²) in [4.78, 5) is 17.2. The maximum atomic E-state index is 13.0. The van der Waals surface area contributed by atoms with Gasteiger partial charge in [0.05, 0.1) is 19.6 Å². The molecule has 0 atom stereocenters. The highest BCUT2D eigenvalue weighted by molar-refractivity contribution is 5.76. The third-order valence-electron chi connectivity index (χ3n) is 8.40. The summed E-state index contributed by atoms with van der Waals surface area (Å²) in [5, 5.41) is 10.8. The first-order valence-electron chi connectivity index (χ1n) is 14.4. The Bertz CT molecular complexity index is 1030. The molecule has 2 aromatic carbocycles. The fourth-order valence-corrected chi connectivity index (χ4v) is 6.27. The first-order chi connectivity index (χ1) is 18.9. The largest absolute Gasteiger partial charge is 0.508 e. The number of rotatable bonds is 15. The predicted octanol–water partition coefficient (Wildman–Crippen LogP) is 4.60. The lowest BCUT2D eigenvalue weighted by Gasteiger charge is -2.49. The second kappa shape index (κ2) is 14.3. The van der Waals surface area contributed by atoms with Crippen molar-refractivity contribution < 1.29 is 24.1 Å². The molecule has 0 unspecified atom stereocenters. The lowest BCUT2D eigenvalue weighted by molar-refractivity contribution is -0.147. The smallest absolute Gasteiger partial charge is 0.225 e. The summed E-state index contributed by atoms with van der Waals surface area (Å²) >= 11 is 0. The number of ether oxygens (including phenoxy) is 3. The average Bonchev–Trinajstić information content (AvgIpc) is 3.45. The highest BCUT2D eigenvalue weighted by Crippen LogP contribution is 2.44. The van der Waals surface area contributed by atoms with Gasteiger partial charge in [0, 0.05) is 51.4 Å². The summed E-state index contributed by atoms with van der Waals surface area (Å²) in [5.74, 6) is 1.03. The number of likely N-dealkylation sites (tertiary alicyclic amines) is 1. The van der Waals surface area contributed by atoms with E-state index in [1.54, 1.807) is 14.2 Å². The minimum Gasteiger partial charge on any atom is -0.508 e. The fraction of sp³-hybridized carbons (Fsp3) is 0.594. The van der Waals surface area contributed by atoms with Crippen LogP contribution < -0.4 is 0 Å². The van der Waals surface area contributed by atoms with Gasteiger partial charge in [0.25, 0.3) is 0 Å². The minimum atomic E-state index is -0.409. The second-order valence-electron chi connectivity index (χ2n) is 11.3. The number of carbonyl (C=O) groups is 1. The van der Waals surface area contributed by atoms with Crippen molar-refractivity contribution in [2.24, 2.45) is 5.92 Å². The molecule has 0 aromatic heterocycles. The standard InChI is InChI=1S/C32H46N2O5/c1-33-23-32(24-33,27-13-5-4-6-14-27)28-20-25(15-16-29(28)35)12-9-18-39-19-17-30(36)34(22-31(37-2)38-3)21-26-10-7-8-11-26/h4-6,13-16,20,26,31,35H,7-12,17-19,21-24H2,1-3H3. The van der Waals surface area contributed by atoms with Crippen molar-refractivity contribution >= 4 is 5.91 Å². The molecule has 214 valence electrons. The summed E-state index contributed by atoms with van der Waals surface area (Å²) < 4.78 is 16.6. The van der Waals surface area contributed by atoms with Gasteiger partial charge in [0.15, 0.2) is 6.29 Å². The molecule has 2 aromatic rings. The van der Waals surface area contributed by atoms with Gasteiger partial charge in [0.1, 0.15) is 5.75 Å². The zero-order valence-electron chi connectivity index (χ0n) is 23.9. The Labute approximate surface area is 234 Å². The van der Waals surface area contributed by atoms with E-state index in [2.05, 4.69) is 42.3 Å². The summed E-state index contributed by atoms with van der Waals surface area (Å²) in [6.45, 7) is 4.00. The van der Waals surface area contributed by atoms with E-state index in [1.165, 1.54) is 36.8 Å². The van der Waals surface area contributed by atoms with Gasteiger partial charge < -0.3 is 29.1 Å². The number of hydrogen-bond donors (Lipinski definition) is 1. The van der Waals surface area contributed by atoms with Crippen LogP contribution in [0.4, 0.5) is 0 Å². The molecule has 2 aliphatic rings. The third kappa shape index (κ3) is 7.60. The lowest BCUT2D eigenvalue weighted by atomic mass is 9.68. The molecule has 1 aliphatic carbocycles. The molecule has 7 heteroatoms. The van der Waals surface area contributed by atoms with Crippen LogP contribution in [0, 0.1) is 5.92 Å². The van der Waals surface area contributed by atoms with E-state index in [0.717, 1.165) is 38.0 Å². The Hall–Kier alpha value is -2.45. The molecule has 1 heterocycles. The zero-order chi connectivity index (χ0) is 27.7. The van der Waals surface area contributed by atoms with Gasteiger partial charge in [-0.25, -0.2) is 0 Å². The molecule has 1 saturated heterocycles. The monoisotopic (exact) mass is 538 g/mol. The van der Waals surface area contributed by atoms with Crippen molar-refractivity contribution in [2.75, 3.05) is 60.7 Å². The molecule has 0 radical (unpaired) electrons. The molecule has 7 nitrogen and oxygen atoms in total. The van der Waals surface area contributed by atoms with Crippen molar-refractivity contribution in [3.05, 3.63) is 65.2 Å². The van der Waals surface area contributed by atoms with Crippen molar-refractivity contribution in [3.8, 4) is 5.75 Å². The molecule has 0 bridgehead atoms. The van der Waals surface area contributed by atoms with E-state index in [0.29, 0.717) is 37.8 Å². The number of phenolic OH excluding ortho intramolecular Hbond substituents is 1. The zero-order valence-corrected chi connectivity index (χ0v) is 23.9. The SMILES string of the molecule is COC(CN(CC1CCCC1)C(=O)CCOCCCc1ccc(O)c(C2(c3ccccc3)CN(C)C2)c1)OC. The van der Waals surface area contributed by atoms with Gasteiger partial charge in [-0.3, -0.25) is 4.79 Å². The van der Waals surface area contributed by atoms with E-state index in [9.17, 15) is 9.90 Å². The number of carbonyl (C=O) groups excluding carboxylic acids is 1. The molecular formula is C32H46N2O5. The lowest BCUT2D eigenvalue weighted by Crippen LogP contribution is -2.58. The van der Waals surface area contributed by atoms with Crippen LogP contribution in [0.2, 0.25) is 0 Å². The van der Waals surface area contributed by atoms with Gasteiger partial charge in [-0.15, -0.1) is 0 Å². The number of hydrogen-bond acceptors (Lipinski definition) is 6. The topological polar surface area (TPSA) is 71.5 Å². The molecule has 4 rings (SSSR count). The van der Waals surface area contributed by atoms with Crippen LogP contribution in [0.25, 0.3) is 0 Å². The highest BCUT2D eigenvalue weighted by atomic mass is 16.7. The number of likely N-dealkylation sites (N-methyl/N-ethyl adjacent to an activating group) is 1. The number of aromatic hydroxyl groups is 1. The second-order valence-corrected chi connectivity index (χ2v) is 11.3. The molecule has 2 fully saturated rings. The minimum absolute atomic E-state index is 0.0980. The summed E-state index contributed by atoms with van der Waals surface area (Å²) in [6, 6.07) is 16.5. The third-order valence-corrected chi connectivity index (χ3v) is 8.40. The van der Waals surface area contributed by atoms with Crippen LogP contribution in [-0.4, -0.2) is 87.8 Å². The molecule has 39 heavy (non-hydrogen) atoms. The van der Waals surface area contributed by atoms with Gasteiger partial charge in [-0.2, -0.15) is 0 Å². The molecule has 1 saturated carbocycles. The van der Waals surface area contributed by atoms with Crippen LogP contribution >= 0.6 is 0 Å². The fourth-order valence-electron chi connectivity index (χ4n) is 6.27. The average molecular weight is 539 g/mol. The number of benzene rings is 2. The number of aryl methyl sites for hydroxylation is 1. The van der Waals surface area contributed by atoms with E-state index in [1.807, 2.05) is 23.1 Å².